The summed E-state index contributed by atoms with van der Waals surface area (Å²) in [6.07, 6.45) is 0.940. The van der Waals surface area contributed by atoms with Gasteiger partial charge in [0, 0.05) is 23.6 Å². The molecule has 3 nitrogen and oxygen atoms in total. The van der Waals surface area contributed by atoms with E-state index < -0.39 is 15.6 Å². The van der Waals surface area contributed by atoms with Gasteiger partial charge in [-0.15, -0.1) is 0 Å². The van der Waals surface area contributed by atoms with Gasteiger partial charge in [0.2, 0.25) is 9.84 Å². The first-order valence-electron chi connectivity index (χ1n) is 6.25. The highest BCUT2D eigenvalue weighted by Crippen LogP contribution is 2.23. The van der Waals surface area contributed by atoms with E-state index in [9.17, 15) is 17.2 Å². The number of anilines is 1. The monoisotopic (exact) mass is 369 g/mol. The summed E-state index contributed by atoms with van der Waals surface area (Å²) in [5, 5.41) is 0.869. The van der Waals surface area contributed by atoms with Crippen LogP contribution in [0, 0.1) is 0 Å². The van der Waals surface area contributed by atoms with Crippen molar-refractivity contribution in [2.45, 2.75) is 37.0 Å². The Hall–Kier alpha value is -0.690. The summed E-state index contributed by atoms with van der Waals surface area (Å²) in [6.45, 7) is 4.86. The Bertz CT molecular complexity index is 518. The van der Waals surface area contributed by atoms with Crippen LogP contribution in [0.25, 0.3) is 0 Å². The lowest BCUT2D eigenvalue weighted by Gasteiger charge is -2.29. The molecule has 1 aromatic rings. The zero-order valence-electron chi connectivity index (χ0n) is 11.4. The molecule has 0 aliphatic heterocycles. The molecule has 0 N–H and O–H groups in total. The molecule has 0 aromatic heterocycles. The fourth-order valence-corrected chi connectivity index (χ4v) is 2.82. The molecule has 0 atom stereocenters. The van der Waals surface area contributed by atoms with E-state index in [4.69, 9.17) is 0 Å². The lowest BCUT2D eigenvalue weighted by molar-refractivity contribution is 0.234. The van der Waals surface area contributed by atoms with Crippen LogP contribution in [0.5, 0.6) is 0 Å². The summed E-state index contributed by atoms with van der Waals surface area (Å²) < 4.78 is 47.6. The van der Waals surface area contributed by atoms with Crippen molar-refractivity contribution in [3.63, 3.8) is 0 Å². The molecule has 0 fully saturated rings. The maximum atomic E-state index is 12.4. The largest absolute Gasteiger partial charge is 0.369 e. The average Bonchev–Trinajstić information content (AvgIpc) is 2.39. The number of halogens is 3. The van der Waals surface area contributed by atoms with Gasteiger partial charge < -0.3 is 4.90 Å². The smallest absolute Gasteiger partial charge is 0.341 e. The van der Waals surface area contributed by atoms with Crippen molar-refractivity contribution < 1.29 is 17.2 Å². The second-order valence-corrected chi connectivity index (χ2v) is 7.34. The predicted molar refractivity (Wildman–Crippen MR) is 80.5 cm³/mol. The SMILES string of the molecule is CC(C)N(CCCBr)c1ccc(S(=O)(=O)C(F)F)cc1. The molecule has 0 unspecified atom stereocenters. The van der Waals surface area contributed by atoms with Crippen LogP contribution >= 0.6 is 15.9 Å². The molecular formula is C13H18BrF2NO2S. The van der Waals surface area contributed by atoms with E-state index in [0.717, 1.165) is 24.0 Å². The number of nitrogens with zero attached hydrogens (tertiary/aromatic N) is 1. The molecule has 0 spiro atoms. The van der Waals surface area contributed by atoms with Gasteiger partial charge in [-0.1, -0.05) is 15.9 Å². The van der Waals surface area contributed by atoms with E-state index in [1.54, 1.807) is 12.1 Å². The molecule has 0 amide bonds. The van der Waals surface area contributed by atoms with E-state index >= 15 is 0 Å². The zero-order valence-corrected chi connectivity index (χ0v) is 13.8. The second-order valence-electron chi connectivity index (χ2n) is 4.63. The maximum absolute atomic E-state index is 12.4. The topological polar surface area (TPSA) is 37.4 Å². The number of alkyl halides is 3. The van der Waals surface area contributed by atoms with Gasteiger partial charge in [-0.05, 0) is 44.5 Å². The minimum Gasteiger partial charge on any atom is -0.369 e. The van der Waals surface area contributed by atoms with Crippen LogP contribution < -0.4 is 4.90 Å². The average molecular weight is 370 g/mol. The number of hydrogen-bond acceptors (Lipinski definition) is 3. The Morgan fingerprint density at radius 3 is 2.15 bits per heavy atom. The minimum absolute atomic E-state index is 0.242. The lowest BCUT2D eigenvalue weighted by atomic mass is 10.2. The Morgan fingerprint density at radius 2 is 1.75 bits per heavy atom. The molecule has 0 heterocycles. The first-order valence-corrected chi connectivity index (χ1v) is 8.92. The van der Waals surface area contributed by atoms with Crippen LogP contribution in [0.3, 0.4) is 0 Å². The Kier molecular flexibility index (Phi) is 6.39. The third kappa shape index (κ3) is 4.15. The summed E-state index contributed by atoms with van der Waals surface area (Å²) >= 11 is 3.36. The summed E-state index contributed by atoms with van der Waals surface area (Å²) in [5.74, 6) is -3.39. The van der Waals surface area contributed by atoms with E-state index in [-0.39, 0.29) is 10.9 Å². The van der Waals surface area contributed by atoms with Crippen molar-refractivity contribution in [3.8, 4) is 0 Å². The normalized spacial score (nSPS) is 12.2. The van der Waals surface area contributed by atoms with E-state index in [2.05, 4.69) is 20.8 Å². The molecule has 20 heavy (non-hydrogen) atoms. The van der Waals surface area contributed by atoms with Crippen molar-refractivity contribution in [3.05, 3.63) is 24.3 Å². The van der Waals surface area contributed by atoms with Crippen LogP contribution in [0.1, 0.15) is 20.3 Å². The van der Waals surface area contributed by atoms with Gasteiger partial charge in [0.1, 0.15) is 0 Å². The van der Waals surface area contributed by atoms with Gasteiger partial charge in [0.05, 0.1) is 4.90 Å². The van der Waals surface area contributed by atoms with Crippen molar-refractivity contribution in [1.29, 1.82) is 0 Å². The Balaban J connectivity index is 3.00. The highest BCUT2D eigenvalue weighted by Gasteiger charge is 2.26. The van der Waals surface area contributed by atoms with Gasteiger partial charge in [-0.2, -0.15) is 8.78 Å². The molecule has 0 bridgehead atoms. The third-order valence-corrected chi connectivity index (χ3v) is 4.85. The fourth-order valence-electron chi connectivity index (χ4n) is 1.85. The van der Waals surface area contributed by atoms with Gasteiger partial charge in [0.25, 0.3) is 0 Å². The van der Waals surface area contributed by atoms with Crippen molar-refractivity contribution in [2.75, 3.05) is 16.8 Å². The molecular weight excluding hydrogens is 352 g/mol. The first kappa shape index (κ1) is 17.4. The molecule has 0 saturated heterocycles. The van der Waals surface area contributed by atoms with Crippen LogP contribution in [0.15, 0.2) is 29.2 Å². The van der Waals surface area contributed by atoms with Crippen molar-refractivity contribution in [2.24, 2.45) is 0 Å². The highest BCUT2D eigenvalue weighted by atomic mass is 79.9. The molecule has 7 heteroatoms. The Morgan fingerprint density at radius 1 is 1.20 bits per heavy atom. The number of benzene rings is 1. The Labute approximate surface area is 127 Å². The summed E-state index contributed by atoms with van der Waals surface area (Å²) in [4.78, 5) is 1.75. The zero-order chi connectivity index (χ0) is 15.3. The standard InChI is InChI=1S/C13H18BrF2NO2S/c1-10(2)17(9-3-8-14)11-4-6-12(7-5-11)20(18,19)13(15)16/h4-7,10,13H,3,8-9H2,1-2H3. The fraction of sp³-hybridized carbons (Fsp3) is 0.538. The van der Waals surface area contributed by atoms with E-state index in [1.807, 2.05) is 13.8 Å². The molecule has 0 aliphatic rings. The minimum atomic E-state index is -4.52. The number of sulfone groups is 1. The van der Waals surface area contributed by atoms with Gasteiger partial charge >= 0.3 is 5.76 Å². The summed E-state index contributed by atoms with van der Waals surface area (Å²) in [5.41, 5.74) is 0.828. The molecule has 0 aliphatic carbocycles. The van der Waals surface area contributed by atoms with Crippen LogP contribution in [0.2, 0.25) is 0 Å². The van der Waals surface area contributed by atoms with E-state index in [1.165, 1.54) is 12.1 Å². The second kappa shape index (κ2) is 7.36. The van der Waals surface area contributed by atoms with Crippen molar-refractivity contribution in [1.82, 2.24) is 0 Å². The predicted octanol–water partition coefficient (Wildman–Crippen LogP) is 3.68. The third-order valence-electron chi connectivity index (χ3n) is 2.89. The molecule has 0 radical (unpaired) electrons. The first-order chi connectivity index (χ1) is 9.30. The lowest BCUT2D eigenvalue weighted by Crippen LogP contribution is -2.31. The van der Waals surface area contributed by atoms with E-state index in [0.29, 0.717) is 0 Å². The maximum Gasteiger partial charge on any atom is 0.341 e. The highest BCUT2D eigenvalue weighted by molar-refractivity contribution is 9.09. The number of hydrogen-bond donors (Lipinski definition) is 0. The molecule has 0 saturated carbocycles. The molecule has 1 aromatic carbocycles. The molecule has 114 valence electrons. The van der Waals surface area contributed by atoms with Crippen LogP contribution in [-0.2, 0) is 9.84 Å². The number of rotatable bonds is 7. The van der Waals surface area contributed by atoms with Crippen LogP contribution in [0.4, 0.5) is 14.5 Å². The van der Waals surface area contributed by atoms with Crippen LogP contribution in [-0.4, -0.2) is 32.1 Å². The van der Waals surface area contributed by atoms with Gasteiger partial charge in [-0.25, -0.2) is 8.42 Å². The van der Waals surface area contributed by atoms with Gasteiger partial charge in [-0.3, -0.25) is 0 Å². The summed E-state index contributed by atoms with van der Waals surface area (Å²) in [7, 11) is -4.52. The quantitative estimate of drug-likeness (QED) is 0.687. The van der Waals surface area contributed by atoms with Crippen molar-refractivity contribution >= 4 is 31.5 Å². The molecule has 1 rings (SSSR count). The summed E-state index contributed by atoms with van der Waals surface area (Å²) in [6, 6.07) is 5.86. The van der Waals surface area contributed by atoms with Gasteiger partial charge in [0.15, 0.2) is 0 Å².